The Morgan fingerprint density at radius 2 is 2.18 bits per heavy atom. The standard InChI is InChI=1S/C13H18AsNO2/c1-3-15-5-4-9-6-11(14)12(17-2)7-10(9)8-13(15)16/h6-7H,3-5,8,14H2,1-2H3. The van der Waals surface area contributed by atoms with E-state index in [0.717, 1.165) is 30.8 Å². The molecule has 2 rings (SSSR count). The van der Waals surface area contributed by atoms with E-state index in [2.05, 4.69) is 6.07 Å². The number of carbonyl (C=O) groups is 1. The number of likely N-dealkylation sites (N-methyl/N-ethyl adjacent to an activating group) is 1. The number of benzene rings is 1. The van der Waals surface area contributed by atoms with E-state index in [0.29, 0.717) is 6.42 Å². The molecule has 0 bridgehead atoms. The number of hydrogen-bond acceptors (Lipinski definition) is 2. The van der Waals surface area contributed by atoms with Gasteiger partial charge in [-0.2, -0.15) is 0 Å². The summed E-state index contributed by atoms with van der Waals surface area (Å²) >= 11 is 1.57. The summed E-state index contributed by atoms with van der Waals surface area (Å²) in [4.78, 5) is 13.9. The van der Waals surface area contributed by atoms with Crippen LogP contribution in [0, 0.1) is 0 Å². The van der Waals surface area contributed by atoms with Gasteiger partial charge in [0.25, 0.3) is 0 Å². The van der Waals surface area contributed by atoms with Crippen molar-refractivity contribution in [2.24, 2.45) is 0 Å². The molecule has 1 atom stereocenters. The van der Waals surface area contributed by atoms with Crippen molar-refractivity contribution < 1.29 is 9.53 Å². The fraction of sp³-hybridized carbons (Fsp3) is 0.462. The van der Waals surface area contributed by atoms with Crippen LogP contribution in [0.5, 0.6) is 5.75 Å². The predicted molar refractivity (Wildman–Crippen MR) is 70.8 cm³/mol. The summed E-state index contributed by atoms with van der Waals surface area (Å²) in [5.74, 6) is 1.13. The zero-order chi connectivity index (χ0) is 12.4. The molecule has 1 aliphatic heterocycles. The second-order valence-corrected chi connectivity index (χ2v) is 5.57. The van der Waals surface area contributed by atoms with Crippen LogP contribution in [0.25, 0.3) is 0 Å². The molecule has 0 spiro atoms. The van der Waals surface area contributed by atoms with Crippen molar-refractivity contribution in [3.8, 4) is 5.75 Å². The normalized spacial score (nSPS) is 15.5. The van der Waals surface area contributed by atoms with Gasteiger partial charge in [0.2, 0.25) is 0 Å². The van der Waals surface area contributed by atoms with Gasteiger partial charge in [-0.05, 0) is 0 Å². The van der Waals surface area contributed by atoms with Crippen LogP contribution in [-0.4, -0.2) is 47.9 Å². The molecule has 1 amide bonds. The zero-order valence-electron chi connectivity index (χ0n) is 10.3. The maximum atomic E-state index is 12.0. The molecule has 0 aromatic heterocycles. The number of nitrogens with zero attached hydrogens (tertiary/aromatic N) is 1. The van der Waals surface area contributed by atoms with E-state index in [9.17, 15) is 4.79 Å². The Hall–Kier alpha value is -0.952. The van der Waals surface area contributed by atoms with Crippen LogP contribution in [0.15, 0.2) is 12.1 Å². The summed E-state index contributed by atoms with van der Waals surface area (Å²) < 4.78 is 6.54. The molecule has 1 aromatic rings. The molecule has 92 valence electrons. The Labute approximate surface area is 111 Å². The average molecular weight is 295 g/mol. The third kappa shape index (κ3) is 2.49. The molecule has 0 N–H and O–H groups in total. The minimum absolute atomic E-state index is 0.225. The van der Waals surface area contributed by atoms with Crippen molar-refractivity contribution in [3.63, 3.8) is 0 Å². The van der Waals surface area contributed by atoms with Gasteiger partial charge in [0.15, 0.2) is 0 Å². The van der Waals surface area contributed by atoms with Gasteiger partial charge in [0, 0.05) is 0 Å². The van der Waals surface area contributed by atoms with Crippen LogP contribution >= 0.6 is 0 Å². The monoisotopic (exact) mass is 295 g/mol. The number of hydrogen-bond donors (Lipinski definition) is 0. The first-order valence-corrected chi connectivity index (χ1v) is 7.10. The van der Waals surface area contributed by atoms with E-state index >= 15 is 0 Å². The summed E-state index contributed by atoms with van der Waals surface area (Å²) in [6.45, 7) is 3.66. The van der Waals surface area contributed by atoms with Gasteiger partial charge in [-0.1, -0.05) is 0 Å². The predicted octanol–water partition coefficient (Wildman–Crippen LogP) is -0.0993. The molecule has 4 heteroatoms. The average Bonchev–Trinajstić information content (AvgIpc) is 2.46. The van der Waals surface area contributed by atoms with Crippen LogP contribution in [0.1, 0.15) is 18.1 Å². The van der Waals surface area contributed by atoms with E-state index in [-0.39, 0.29) is 5.91 Å². The quantitative estimate of drug-likeness (QED) is 0.713. The fourth-order valence-electron chi connectivity index (χ4n) is 2.25. The van der Waals surface area contributed by atoms with Crippen LogP contribution < -0.4 is 9.09 Å². The number of fused-ring (bicyclic) bond motifs is 1. The van der Waals surface area contributed by atoms with Crippen LogP contribution in [0.4, 0.5) is 0 Å². The molecule has 1 unspecified atom stereocenters. The number of ether oxygens (including phenoxy) is 1. The molecular weight excluding hydrogens is 277 g/mol. The Morgan fingerprint density at radius 1 is 1.41 bits per heavy atom. The van der Waals surface area contributed by atoms with Crippen molar-refractivity contribution in [3.05, 3.63) is 23.3 Å². The van der Waals surface area contributed by atoms with Crippen molar-refractivity contribution in [2.45, 2.75) is 19.8 Å². The van der Waals surface area contributed by atoms with E-state index in [4.69, 9.17) is 4.74 Å². The Morgan fingerprint density at radius 3 is 2.82 bits per heavy atom. The third-order valence-corrected chi connectivity index (χ3v) is 4.23. The van der Waals surface area contributed by atoms with E-state index in [1.54, 1.807) is 24.0 Å². The van der Waals surface area contributed by atoms with Crippen LogP contribution in [0.2, 0.25) is 0 Å². The van der Waals surface area contributed by atoms with Gasteiger partial charge in [0.05, 0.1) is 0 Å². The zero-order valence-corrected chi connectivity index (χ0v) is 12.7. The second-order valence-electron chi connectivity index (χ2n) is 4.26. The number of amides is 1. The molecule has 17 heavy (non-hydrogen) atoms. The van der Waals surface area contributed by atoms with Crippen LogP contribution in [-0.2, 0) is 17.6 Å². The molecule has 0 aliphatic carbocycles. The Balaban J connectivity index is 2.37. The van der Waals surface area contributed by atoms with Crippen molar-refractivity contribution in [2.75, 3.05) is 20.2 Å². The van der Waals surface area contributed by atoms with Gasteiger partial charge in [-0.15, -0.1) is 0 Å². The number of rotatable bonds is 2. The summed E-state index contributed by atoms with van der Waals surface area (Å²) in [7, 11) is 1.68. The Bertz CT molecular complexity index is 445. The second kappa shape index (κ2) is 5.14. The molecule has 1 aromatic carbocycles. The van der Waals surface area contributed by atoms with Crippen molar-refractivity contribution in [1.82, 2.24) is 4.90 Å². The number of carbonyl (C=O) groups excluding carboxylic acids is 1. The minimum atomic E-state index is 0.225. The summed E-state index contributed by atoms with van der Waals surface area (Å²) in [6, 6.07) is 4.21. The van der Waals surface area contributed by atoms with Gasteiger partial charge in [-0.3, -0.25) is 0 Å². The summed E-state index contributed by atoms with van der Waals surface area (Å²) in [6.07, 6.45) is 1.46. The van der Waals surface area contributed by atoms with E-state index in [1.807, 2.05) is 17.9 Å². The van der Waals surface area contributed by atoms with Gasteiger partial charge >= 0.3 is 111 Å². The molecule has 1 heterocycles. The summed E-state index contributed by atoms with van der Waals surface area (Å²) in [5.41, 5.74) is 2.43. The summed E-state index contributed by atoms with van der Waals surface area (Å²) in [5, 5.41) is 0. The van der Waals surface area contributed by atoms with Gasteiger partial charge < -0.3 is 0 Å². The third-order valence-electron chi connectivity index (χ3n) is 3.28. The first kappa shape index (κ1) is 12.5. The first-order valence-electron chi connectivity index (χ1n) is 5.88. The molecule has 0 fully saturated rings. The van der Waals surface area contributed by atoms with Gasteiger partial charge in [0.1, 0.15) is 0 Å². The molecule has 0 radical (unpaired) electrons. The van der Waals surface area contributed by atoms with Crippen molar-refractivity contribution >= 4 is 27.1 Å². The molecule has 3 nitrogen and oxygen atoms in total. The topological polar surface area (TPSA) is 29.5 Å². The first-order chi connectivity index (χ1) is 8.15. The fourth-order valence-corrected chi connectivity index (χ4v) is 3.09. The number of methoxy groups -OCH3 is 1. The molecule has 1 aliphatic rings. The van der Waals surface area contributed by atoms with E-state index in [1.165, 1.54) is 9.91 Å². The Kier molecular flexibility index (Phi) is 3.78. The van der Waals surface area contributed by atoms with E-state index < -0.39 is 0 Å². The van der Waals surface area contributed by atoms with Crippen molar-refractivity contribution in [1.29, 1.82) is 0 Å². The molecule has 0 saturated heterocycles. The molecule has 0 saturated carbocycles. The maximum absolute atomic E-state index is 12.0. The SMILES string of the molecule is CCN1CCc2cc([AsH2])c(OC)cc2CC1=O. The van der Waals surface area contributed by atoms with Gasteiger partial charge in [-0.25, -0.2) is 0 Å². The molecular formula is C13H18AsNO2. The van der Waals surface area contributed by atoms with Crippen LogP contribution in [0.3, 0.4) is 0 Å².